The number of aliphatic carboxylic acids is 1. The molecule has 2 N–H and O–H groups in total. The summed E-state index contributed by atoms with van der Waals surface area (Å²) in [7, 11) is 0. The Balaban J connectivity index is 4.12. The van der Waals surface area contributed by atoms with Crippen LogP contribution in [-0.4, -0.2) is 29.1 Å². The molecule has 0 atom stereocenters. The van der Waals surface area contributed by atoms with Gasteiger partial charge in [-0.1, -0.05) is 0 Å². The van der Waals surface area contributed by atoms with Crippen molar-refractivity contribution in [1.29, 1.82) is 0 Å². The third-order valence-electron chi connectivity index (χ3n) is 1.12. The maximum atomic E-state index is 10.4. The number of carboxylic acid groups (broad SMARTS) is 1. The van der Waals surface area contributed by atoms with Gasteiger partial charge in [0.15, 0.2) is 6.61 Å². The molecule has 0 spiro atoms. The summed E-state index contributed by atoms with van der Waals surface area (Å²) in [4.78, 5) is 20.8. The summed E-state index contributed by atoms with van der Waals surface area (Å²) >= 11 is 0. The Morgan fingerprint density at radius 2 is 1.91 bits per heavy atom. The molecule has 0 saturated heterocycles. The molecule has 0 unspecified atom stereocenters. The standard InChI is InChI=1S/C6H10NO4/c1-6(2,5(10)11)7-4(9)3-8/h3H2,1-2H3,(H,7,9)(H,10,11). The van der Waals surface area contributed by atoms with Crippen LogP contribution in [0, 0.1) is 0 Å². The first kappa shape index (κ1) is 9.90. The minimum absolute atomic E-state index is 0.808. The highest BCUT2D eigenvalue weighted by Gasteiger charge is 2.28. The minimum atomic E-state index is -1.36. The molecule has 11 heavy (non-hydrogen) atoms. The highest BCUT2D eigenvalue weighted by molar-refractivity contribution is 5.86. The molecule has 5 nitrogen and oxygen atoms in total. The molecule has 0 heterocycles. The molecular weight excluding hydrogens is 150 g/mol. The van der Waals surface area contributed by atoms with Gasteiger partial charge in [-0.2, -0.15) is 0 Å². The molecule has 1 radical (unpaired) electrons. The Morgan fingerprint density at radius 1 is 1.45 bits per heavy atom. The third-order valence-corrected chi connectivity index (χ3v) is 1.12. The van der Waals surface area contributed by atoms with E-state index < -0.39 is 24.0 Å². The maximum absolute atomic E-state index is 10.4. The molecular formula is C6H10NO4. The number of nitrogens with one attached hydrogen (secondary N) is 1. The minimum Gasteiger partial charge on any atom is -0.480 e. The predicted molar refractivity (Wildman–Crippen MR) is 35.4 cm³/mol. The van der Waals surface area contributed by atoms with Crippen LogP contribution in [0.2, 0.25) is 0 Å². The van der Waals surface area contributed by atoms with E-state index in [9.17, 15) is 14.7 Å². The fourth-order valence-electron chi connectivity index (χ4n) is 0.438. The normalized spacial score (nSPS) is 10.8. The van der Waals surface area contributed by atoms with Gasteiger partial charge in [0.25, 0.3) is 0 Å². The van der Waals surface area contributed by atoms with Crippen LogP contribution < -0.4 is 5.32 Å². The number of carbonyl (C=O) groups is 2. The van der Waals surface area contributed by atoms with E-state index in [0.29, 0.717) is 0 Å². The van der Waals surface area contributed by atoms with Crippen molar-refractivity contribution >= 4 is 11.9 Å². The second kappa shape index (κ2) is 3.34. The first-order chi connectivity index (χ1) is 4.90. The average Bonchev–Trinajstić information content (AvgIpc) is 1.86. The summed E-state index contributed by atoms with van der Waals surface area (Å²) in [6, 6.07) is 0. The fourth-order valence-corrected chi connectivity index (χ4v) is 0.438. The van der Waals surface area contributed by atoms with Gasteiger partial charge in [0.1, 0.15) is 5.54 Å². The van der Waals surface area contributed by atoms with E-state index in [-0.39, 0.29) is 0 Å². The molecule has 0 fully saturated rings. The van der Waals surface area contributed by atoms with Gasteiger partial charge in [-0.25, -0.2) is 9.90 Å². The highest BCUT2D eigenvalue weighted by Crippen LogP contribution is 2.00. The van der Waals surface area contributed by atoms with Crippen molar-refractivity contribution in [3.8, 4) is 0 Å². The van der Waals surface area contributed by atoms with Crippen LogP contribution in [0.5, 0.6) is 0 Å². The van der Waals surface area contributed by atoms with E-state index in [1.165, 1.54) is 13.8 Å². The largest absolute Gasteiger partial charge is 0.480 e. The number of carboxylic acids is 1. The van der Waals surface area contributed by atoms with E-state index >= 15 is 0 Å². The van der Waals surface area contributed by atoms with E-state index in [2.05, 4.69) is 5.32 Å². The summed E-state index contributed by atoms with van der Waals surface area (Å²) in [5.74, 6) is -1.98. The Bertz CT molecular complexity index is 175. The first-order valence-electron chi connectivity index (χ1n) is 3.02. The molecule has 0 aliphatic heterocycles. The summed E-state index contributed by atoms with van der Waals surface area (Å²) < 4.78 is 0. The van der Waals surface area contributed by atoms with Crippen molar-refractivity contribution in [2.45, 2.75) is 19.4 Å². The molecule has 0 aromatic rings. The summed E-state index contributed by atoms with van der Waals surface area (Å²) in [5, 5.41) is 20.4. The van der Waals surface area contributed by atoms with Crippen molar-refractivity contribution in [1.82, 2.24) is 5.32 Å². The molecule has 1 amide bonds. The second-order valence-corrected chi connectivity index (χ2v) is 2.62. The fraction of sp³-hybridized carbons (Fsp3) is 0.667. The molecule has 0 aromatic heterocycles. The van der Waals surface area contributed by atoms with Crippen molar-refractivity contribution in [3.05, 3.63) is 0 Å². The van der Waals surface area contributed by atoms with Crippen LogP contribution in [0.25, 0.3) is 0 Å². The number of amides is 1. The zero-order chi connectivity index (χ0) is 9.07. The van der Waals surface area contributed by atoms with Crippen LogP contribution in [0.15, 0.2) is 0 Å². The van der Waals surface area contributed by atoms with Crippen LogP contribution in [-0.2, 0) is 14.7 Å². The molecule has 0 aliphatic carbocycles. The van der Waals surface area contributed by atoms with Gasteiger partial charge in [0.05, 0.1) is 0 Å². The van der Waals surface area contributed by atoms with Crippen molar-refractivity contribution in [2.75, 3.05) is 6.61 Å². The SMILES string of the molecule is CC(C)(NC(=O)C[O])C(=O)O. The lowest BCUT2D eigenvalue weighted by Crippen LogP contribution is -2.50. The van der Waals surface area contributed by atoms with Gasteiger partial charge in [0, 0.05) is 0 Å². The van der Waals surface area contributed by atoms with Crippen molar-refractivity contribution in [3.63, 3.8) is 0 Å². The lowest BCUT2D eigenvalue weighted by atomic mass is 10.1. The molecule has 0 aliphatic rings. The molecule has 5 heteroatoms. The predicted octanol–water partition coefficient (Wildman–Crippen LogP) is -0.604. The van der Waals surface area contributed by atoms with E-state index in [4.69, 9.17) is 5.11 Å². The number of hydrogen-bond acceptors (Lipinski definition) is 2. The number of carbonyl (C=O) groups excluding carboxylic acids is 1. The summed E-state index contributed by atoms with van der Waals surface area (Å²) in [6.07, 6.45) is 0. The van der Waals surface area contributed by atoms with Crippen LogP contribution in [0.3, 0.4) is 0 Å². The Hall–Kier alpha value is -1.10. The second-order valence-electron chi connectivity index (χ2n) is 2.62. The monoisotopic (exact) mass is 160 g/mol. The zero-order valence-corrected chi connectivity index (χ0v) is 6.38. The summed E-state index contributed by atoms with van der Waals surface area (Å²) in [6.45, 7) is 1.67. The van der Waals surface area contributed by atoms with Gasteiger partial charge in [-0.15, -0.1) is 0 Å². The van der Waals surface area contributed by atoms with E-state index in [1.54, 1.807) is 0 Å². The smallest absolute Gasteiger partial charge is 0.328 e. The van der Waals surface area contributed by atoms with E-state index in [0.717, 1.165) is 0 Å². The molecule has 63 valence electrons. The van der Waals surface area contributed by atoms with Gasteiger partial charge in [0.2, 0.25) is 5.91 Å². The van der Waals surface area contributed by atoms with Crippen molar-refractivity contribution < 1.29 is 19.8 Å². The Kier molecular flexibility index (Phi) is 3.00. The molecule has 0 aromatic carbocycles. The molecule has 0 saturated carbocycles. The third kappa shape index (κ3) is 2.99. The van der Waals surface area contributed by atoms with Gasteiger partial charge >= 0.3 is 5.97 Å². The van der Waals surface area contributed by atoms with Gasteiger partial charge in [-0.3, -0.25) is 4.79 Å². The van der Waals surface area contributed by atoms with E-state index in [1.807, 2.05) is 0 Å². The maximum Gasteiger partial charge on any atom is 0.328 e. The van der Waals surface area contributed by atoms with Gasteiger partial charge < -0.3 is 10.4 Å². The lowest BCUT2D eigenvalue weighted by Gasteiger charge is -2.19. The zero-order valence-electron chi connectivity index (χ0n) is 6.38. The highest BCUT2D eigenvalue weighted by atomic mass is 16.4. The average molecular weight is 160 g/mol. The Morgan fingerprint density at radius 3 is 2.18 bits per heavy atom. The number of rotatable bonds is 3. The topological polar surface area (TPSA) is 86.3 Å². The Labute approximate surface area is 64.0 Å². The first-order valence-corrected chi connectivity index (χ1v) is 3.02. The molecule has 0 rings (SSSR count). The van der Waals surface area contributed by atoms with Crippen molar-refractivity contribution in [2.24, 2.45) is 0 Å². The van der Waals surface area contributed by atoms with Crippen LogP contribution in [0.4, 0.5) is 0 Å². The summed E-state index contributed by atoms with van der Waals surface area (Å²) in [5.41, 5.74) is -1.36. The quantitative estimate of drug-likeness (QED) is 0.577. The molecule has 0 bridgehead atoms. The number of hydrogen-bond donors (Lipinski definition) is 2. The van der Waals surface area contributed by atoms with Crippen LogP contribution >= 0.6 is 0 Å². The van der Waals surface area contributed by atoms with Gasteiger partial charge in [-0.05, 0) is 13.8 Å². The van der Waals surface area contributed by atoms with Crippen LogP contribution in [0.1, 0.15) is 13.8 Å². The lowest BCUT2D eigenvalue weighted by molar-refractivity contribution is -0.146.